The number of benzene rings is 2. The van der Waals surface area contributed by atoms with Crippen LogP contribution in [0.3, 0.4) is 0 Å². The fourth-order valence-corrected chi connectivity index (χ4v) is 3.42. The maximum absolute atomic E-state index is 12.9. The van der Waals surface area contributed by atoms with Crippen molar-refractivity contribution >= 4 is 28.4 Å². The molecule has 2 aromatic carbocycles. The number of carbonyl (C=O) groups excluding carboxylic acids is 2. The lowest BCUT2D eigenvalue weighted by Crippen LogP contribution is -2.19. The summed E-state index contributed by atoms with van der Waals surface area (Å²) in [6.07, 6.45) is 1.50. The Labute approximate surface area is 179 Å². The number of H-pyrrole nitrogens is 1. The van der Waals surface area contributed by atoms with Gasteiger partial charge in [0, 0.05) is 30.2 Å². The summed E-state index contributed by atoms with van der Waals surface area (Å²) in [6, 6.07) is 16.3. The number of aryl methyl sites for hydroxylation is 2. The van der Waals surface area contributed by atoms with Crippen molar-refractivity contribution in [1.29, 1.82) is 0 Å². The first-order chi connectivity index (χ1) is 14.9. The van der Waals surface area contributed by atoms with Crippen LogP contribution < -0.4 is 15.4 Å². The molecule has 4 aromatic rings. The molecule has 0 aliphatic heterocycles. The molecule has 7 nitrogen and oxygen atoms in total. The Morgan fingerprint density at radius 2 is 1.81 bits per heavy atom. The minimum absolute atomic E-state index is 0.241. The van der Waals surface area contributed by atoms with Crippen molar-refractivity contribution in [2.75, 3.05) is 12.4 Å². The molecular formula is C24H22N4O3. The van der Waals surface area contributed by atoms with Gasteiger partial charge in [0.05, 0.1) is 5.69 Å². The highest BCUT2D eigenvalue weighted by atomic mass is 16.5. The largest absolute Gasteiger partial charge is 0.455 e. The standard InChI is InChI=1S/C24H22N4O3/c1-14-10-15(2)17-13-21(27-19(17)11-14)24(30)28-18-6-4-5-7-22(18)31-16-8-9-26-20(12-16)23(29)25-3/h4-13,27H,1-3H3,(H,25,29)(H,28,30). The highest BCUT2D eigenvalue weighted by Crippen LogP contribution is 2.30. The first kappa shape index (κ1) is 20.2. The number of hydrogen-bond acceptors (Lipinski definition) is 4. The number of hydrogen-bond donors (Lipinski definition) is 3. The van der Waals surface area contributed by atoms with Gasteiger partial charge in [-0.05, 0) is 55.3 Å². The summed E-state index contributed by atoms with van der Waals surface area (Å²) in [5.74, 6) is 0.307. The van der Waals surface area contributed by atoms with Gasteiger partial charge in [0.15, 0.2) is 5.75 Å². The molecule has 7 heteroatoms. The zero-order valence-electron chi connectivity index (χ0n) is 17.4. The number of nitrogens with one attached hydrogen (secondary N) is 3. The molecule has 0 atom stereocenters. The number of carbonyl (C=O) groups is 2. The van der Waals surface area contributed by atoms with E-state index in [0.717, 1.165) is 22.0 Å². The highest BCUT2D eigenvalue weighted by Gasteiger charge is 2.14. The van der Waals surface area contributed by atoms with E-state index in [-0.39, 0.29) is 17.5 Å². The molecule has 0 saturated heterocycles. The van der Waals surface area contributed by atoms with Crippen LogP contribution in [0.4, 0.5) is 5.69 Å². The molecule has 156 valence electrons. The van der Waals surface area contributed by atoms with Crippen LogP contribution in [0, 0.1) is 13.8 Å². The van der Waals surface area contributed by atoms with Gasteiger partial charge >= 0.3 is 0 Å². The van der Waals surface area contributed by atoms with E-state index < -0.39 is 0 Å². The summed E-state index contributed by atoms with van der Waals surface area (Å²) in [7, 11) is 1.54. The van der Waals surface area contributed by atoms with Crippen LogP contribution in [0.15, 0.2) is 60.8 Å². The van der Waals surface area contributed by atoms with E-state index in [4.69, 9.17) is 4.74 Å². The smallest absolute Gasteiger partial charge is 0.272 e. The molecule has 0 bridgehead atoms. The predicted molar refractivity (Wildman–Crippen MR) is 120 cm³/mol. The van der Waals surface area contributed by atoms with Gasteiger partial charge < -0.3 is 20.4 Å². The van der Waals surface area contributed by atoms with Crippen LogP contribution >= 0.6 is 0 Å². The predicted octanol–water partition coefficient (Wildman–Crippen LogP) is 4.58. The zero-order valence-corrected chi connectivity index (χ0v) is 17.4. The second-order valence-electron chi connectivity index (χ2n) is 7.23. The molecule has 2 amide bonds. The van der Waals surface area contributed by atoms with E-state index in [1.54, 1.807) is 30.3 Å². The van der Waals surface area contributed by atoms with Gasteiger partial charge in [-0.2, -0.15) is 0 Å². The van der Waals surface area contributed by atoms with E-state index in [0.29, 0.717) is 22.9 Å². The van der Waals surface area contributed by atoms with Crippen molar-refractivity contribution < 1.29 is 14.3 Å². The van der Waals surface area contributed by atoms with Gasteiger partial charge in [-0.3, -0.25) is 14.6 Å². The Morgan fingerprint density at radius 3 is 2.61 bits per heavy atom. The average Bonchev–Trinajstić information content (AvgIpc) is 3.19. The Hall–Kier alpha value is -4.13. The van der Waals surface area contributed by atoms with Gasteiger partial charge in [-0.15, -0.1) is 0 Å². The lowest BCUT2D eigenvalue weighted by Gasteiger charge is -2.12. The second-order valence-corrected chi connectivity index (χ2v) is 7.23. The summed E-state index contributed by atoms with van der Waals surface area (Å²) in [4.78, 5) is 31.9. The number of nitrogens with zero attached hydrogens (tertiary/aromatic N) is 1. The van der Waals surface area contributed by atoms with Crippen molar-refractivity contribution in [3.8, 4) is 11.5 Å². The fourth-order valence-electron chi connectivity index (χ4n) is 3.42. The minimum Gasteiger partial charge on any atom is -0.455 e. The number of rotatable bonds is 5. The van der Waals surface area contributed by atoms with Crippen LogP contribution in [0.5, 0.6) is 11.5 Å². The average molecular weight is 414 g/mol. The van der Waals surface area contributed by atoms with Crippen LogP contribution in [0.2, 0.25) is 0 Å². The number of para-hydroxylation sites is 2. The van der Waals surface area contributed by atoms with E-state index in [1.165, 1.54) is 13.2 Å². The monoisotopic (exact) mass is 414 g/mol. The number of fused-ring (bicyclic) bond motifs is 1. The fraction of sp³-hybridized carbons (Fsp3) is 0.125. The molecule has 0 fully saturated rings. The van der Waals surface area contributed by atoms with Crippen molar-refractivity contribution in [2.24, 2.45) is 0 Å². The molecule has 0 aliphatic carbocycles. The van der Waals surface area contributed by atoms with Crippen LogP contribution in [-0.2, 0) is 0 Å². The zero-order chi connectivity index (χ0) is 22.0. The Kier molecular flexibility index (Phi) is 5.41. The molecule has 0 saturated carbocycles. The van der Waals surface area contributed by atoms with Crippen LogP contribution in [0.25, 0.3) is 10.9 Å². The quantitative estimate of drug-likeness (QED) is 0.445. The maximum atomic E-state index is 12.9. The molecule has 0 radical (unpaired) electrons. The minimum atomic E-state index is -0.309. The van der Waals surface area contributed by atoms with Crippen molar-refractivity contribution in [3.05, 3.63) is 83.3 Å². The van der Waals surface area contributed by atoms with Gasteiger partial charge in [0.25, 0.3) is 11.8 Å². The summed E-state index contributed by atoms with van der Waals surface area (Å²) in [5.41, 5.74) is 4.38. The lowest BCUT2D eigenvalue weighted by atomic mass is 10.1. The Balaban J connectivity index is 1.59. The Morgan fingerprint density at radius 1 is 1.00 bits per heavy atom. The normalized spacial score (nSPS) is 10.7. The first-order valence-electron chi connectivity index (χ1n) is 9.81. The molecule has 31 heavy (non-hydrogen) atoms. The SMILES string of the molecule is CNC(=O)c1cc(Oc2ccccc2NC(=O)c2cc3c(C)cc(C)cc3[nH]2)ccn1. The summed E-state index contributed by atoms with van der Waals surface area (Å²) >= 11 is 0. The molecule has 4 rings (SSSR count). The topological polar surface area (TPSA) is 96.1 Å². The third kappa shape index (κ3) is 4.25. The van der Waals surface area contributed by atoms with Gasteiger partial charge in [0.2, 0.25) is 0 Å². The number of amides is 2. The van der Waals surface area contributed by atoms with Gasteiger partial charge in [-0.1, -0.05) is 18.2 Å². The lowest BCUT2D eigenvalue weighted by molar-refractivity contribution is 0.0957. The van der Waals surface area contributed by atoms with E-state index in [2.05, 4.69) is 26.7 Å². The van der Waals surface area contributed by atoms with Gasteiger partial charge in [-0.25, -0.2) is 0 Å². The third-order valence-electron chi connectivity index (χ3n) is 4.89. The van der Waals surface area contributed by atoms with Crippen molar-refractivity contribution in [2.45, 2.75) is 13.8 Å². The molecular weight excluding hydrogens is 392 g/mol. The van der Waals surface area contributed by atoms with Crippen LogP contribution in [-0.4, -0.2) is 28.8 Å². The van der Waals surface area contributed by atoms with E-state index >= 15 is 0 Å². The summed E-state index contributed by atoms with van der Waals surface area (Å²) < 4.78 is 5.93. The molecule has 2 aromatic heterocycles. The van der Waals surface area contributed by atoms with Gasteiger partial charge in [0.1, 0.15) is 17.1 Å². The van der Waals surface area contributed by atoms with E-state index in [1.807, 2.05) is 32.0 Å². The van der Waals surface area contributed by atoms with Crippen molar-refractivity contribution in [1.82, 2.24) is 15.3 Å². The summed E-state index contributed by atoms with van der Waals surface area (Å²) in [5, 5.41) is 6.44. The molecule has 3 N–H and O–H groups in total. The van der Waals surface area contributed by atoms with E-state index in [9.17, 15) is 9.59 Å². The molecule has 0 spiro atoms. The van der Waals surface area contributed by atoms with Crippen molar-refractivity contribution in [3.63, 3.8) is 0 Å². The molecule has 0 aliphatic rings. The maximum Gasteiger partial charge on any atom is 0.272 e. The number of anilines is 1. The summed E-state index contributed by atoms with van der Waals surface area (Å²) in [6.45, 7) is 4.05. The number of aromatic nitrogens is 2. The second kappa shape index (κ2) is 8.31. The van der Waals surface area contributed by atoms with Crippen LogP contribution in [0.1, 0.15) is 32.1 Å². The molecule has 0 unspecified atom stereocenters. The first-order valence-corrected chi connectivity index (χ1v) is 9.81. The third-order valence-corrected chi connectivity index (χ3v) is 4.89. The number of ether oxygens (including phenoxy) is 1. The Bertz CT molecular complexity index is 1290. The highest BCUT2D eigenvalue weighted by molar-refractivity contribution is 6.07. The molecule has 2 heterocycles. The number of pyridine rings is 1. The number of aromatic amines is 1.